The summed E-state index contributed by atoms with van der Waals surface area (Å²) >= 11 is 5.91. The van der Waals surface area contributed by atoms with Crippen molar-refractivity contribution in [2.45, 2.75) is 43.9 Å². The molecule has 2 aromatic rings. The van der Waals surface area contributed by atoms with E-state index in [0.717, 1.165) is 11.3 Å². The number of carbonyl (C=O) groups is 1. The number of aromatic nitrogens is 2. The van der Waals surface area contributed by atoms with Gasteiger partial charge in [-0.25, -0.2) is 13.2 Å². The van der Waals surface area contributed by atoms with Gasteiger partial charge in [0.25, 0.3) is 0 Å². The zero-order valence-corrected chi connectivity index (χ0v) is 17.5. The second-order valence-electron chi connectivity index (χ2n) is 6.57. The average Bonchev–Trinajstić information content (AvgIpc) is 3.14. The Labute approximate surface area is 169 Å². The smallest absolute Gasteiger partial charge is 0.411 e. The van der Waals surface area contributed by atoms with E-state index in [9.17, 15) is 13.2 Å². The normalized spacial score (nSPS) is 19.9. The number of aromatic amines is 1. The Balaban J connectivity index is 2.06. The Morgan fingerprint density at radius 3 is 2.64 bits per heavy atom. The summed E-state index contributed by atoms with van der Waals surface area (Å²) in [5.41, 5.74) is 1.56. The fourth-order valence-electron chi connectivity index (χ4n) is 3.25. The zero-order chi connectivity index (χ0) is 20.5. The van der Waals surface area contributed by atoms with E-state index < -0.39 is 28.4 Å². The molecule has 2 atom stereocenters. The predicted molar refractivity (Wildman–Crippen MR) is 104 cm³/mol. The predicted octanol–water partition coefficient (Wildman–Crippen LogP) is 3.18. The summed E-state index contributed by atoms with van der Waals surface area (Å²) in [7, 11) is -2.35. The number of halogens is 1. The van der Waals surface area contributed by atoms with E-state index in [4.69, 9.17) is 16.3 Å². The van der Waals surface area contributed by atoms with Crippen LogP contribution >= 0.6 is 11.6 Å². The van der Waals surface area contributed by atoms with Gasteiger partial charge in [-0.15, -0.1) is 0 Å². The zero-order valence-electron chi connectivity index (χ0n) is 15.9. The third kappa shape index (κ3) is 3.74. The van der Waals surface area contributed by atoms with Crippen LogP contribution in [0.1, 0.15) is 37.6 Å². The molecule has 1 aromatic carbocycles. The number of sulfonamides is 1. The third-order valence-corrected chi connectivity index (χ3v) is 7.04. The first-order chi connectivity index (χ1) is 13.3. The van der Waals surface area contributed by atoms with Gasteiger partial charge in [-0.05, 0) is 37.6 Å². The molecule has 1 amide bonds. The highest BCUT2D eigenvalue weighted by Crippen LogP contribution is 2.39. The molecule has 3 rings (SSSR count). The summed E-state index contributed by atoms with van der Waals surface area (Å²) in [4.78, 5) is 13.9. The van der Waals surface area contributed by atoms with Gasteiger partial charge < -0.3 is 9.64 Å². The first-order valence-corrected chi connectivity index (χ1v) is 10.8. The number of hydrogen-bond acceptors (Lipinski definition) is 5. The number of hydrogen-bond donors (Lipinski definition) is 1. The first kappa shape index (κ1) is 20.6. The van der Waals surface area contributed by atoms with Crippen LogP contribution in [0, 0.1) is 0 Å². The highest BCUT2D eigenvalue weighted by atomic mass is 35.5. The number of benzene rings is 1. The molecule has 0 saturated heterocycles. The van der Waals surface area contributed by atoms with Crippen LogP contribution in [0.3, 0.4) is 0 Å². The molecule has 0 aliphatic carbocycles. The Hall–Kier alpha value is -2.10. The highest BCUT2D eigenvalue weighted by Gasteiger charge is 2.44. The van der Waals surface area contributed by atoms with Gasteiger partial charge in [-0.3, -0.25) is 5.10 Å². The lowest BCUT2D eigenvalue weighted by Gasteiger charge is -2.39. The molecule has 10 heteroatoms. The maximum absolute atomic E-state index is 13.5. The molecule has 2 heterocycles. The highest BCUT2D eigenvalue weighted by molar-refractivity contribution is 7.89. The standard InChI is InChI=1S/C18H23ClN4O4S/c1-4-16-14-11-20-21-15(14)10-17(27-18(24)22(3)5-2)23(16)28(25,26)13-8-6-12(19)7-9-13/h6-9,11,16-17H,4-5,10H2,1-3H3,(H,20,21)/t16-,17-/m0/s1. The summed E-state index contributed by atoms with van der Waals surface area (Å²) in [6.07, 6.45) is 0.755. The first-order valence-electron chi connectivity index (χ1n) is 9.02. The summed E-state index contributed by atoms with van der Waals surface area (Å²) < 4.78 is 33.8. The van der Waals surface area contributed by atoms with Crippen molar-refractivity contribution >= 4 is 27.7 Å². The molecule has 152 valence electrons. The largest absolute Gasteiger partial charge is 0.429 e. The second kappa shape index (κ2) is 8.10. The molecule has 1 aliphatic rings. The summed E-state index contributed by atoms with van der Waals surface area (Å²) in [5, 5.41) is 7.39. The molecular formula is C18H23ClN4O4S. The number of H-pyrrole nitrogens is 1. The minimum atomic E-state index is -3.95. The maximum Gasteiger partial charge on any atom is 0.411 e. The Kier molecular flexibility index (Phi) is 5.97. The number of ether oxygens (including phenoxy) is 1. The van der Waals surface area contributed by atoms with Gasteiger partial charge in [0, 0.05) is 36.3 Å². The molecule has 0 fully saturated rings. The number of amides is 1. The topological polar surface area (TPSA) is 95.6 Å². The molecule has 0 unspecified atom stereocenters. The lowest BCUT2D eigenvalue weighted by Crippen LogP contribution is -2.50. The van der Waals surface area contributed by atoms with Gasteiger partial charge in [-0.1, -0.05) is 18.5 Å². The Morgan fingerprint density at radius 2 is 2.04 bits per heavy atom. The van der Waals surface area contributed by atoms with Crippen molar-refractivity contribution in [2.24, 2.45) is 0 Å². The van der Waals surface area contributed by atoms with E-state index >= 15 is 0 Å². The van der Waals surface area contributed by atoms with Crippen molar-refractivity contribution in [2.75, 3.05) is 13.6 Å². The van der Waals surface area contributed by atoms with E-state index in [0.29, 0.717) is 18.0 Å². The van der Waals surface area contributed by atoms with Crippen molar-refractivity contribution in [3.63, 3.8) is 0 Å². The summed E-state index contributed by atoms with van der Waals surface area (Å²) in [5.74, 6) is 0. The minimum Gasteiger partial charge on any atom is -0.429 e. The van der Waals surface area contributed by atoms with Crippen molar-refractivity contribution in [1.29, 1.82) is 0 Å². The van der Waals surface area contributed by atoms with Crippen LogP contribution in [0.15, 0.2) is 35.4 Å². The molecule has 28 heavy (non-hydrogen) atoms. The maximum atomic E-state index is 13.5. The van der Waals surface area contributed by atoms with Gasteiger partial charge in [0.15, 0.2) is 6.23 Å². The van der Waals surface area contributed by atoms with E-state index in [1.807, 2.05) is 13.8 Å². The molecular weight excluding hydrogens is 404 g/mol. The quantitative estimate of drug-likeness (QED) is 0.792. The molecule has 1 N–H and O–H groups in total. The molecule has 8 nitrogen and oxygen atoms in total. The van der Waals surface area contributed by atoms with E-state index in [1.54, 1.807) is 13.2 Å². The van der Waals surface area contributed by atoms with Gasteiger partial charge in [0.1, 0.15) is 0 Å². The fraction of sp³-hybridized carbons (Fsp3) is 0.444. The van der Waals surface area contributed by atoms with Gasteiger partial charge in [0.05, 0.1) is 17.1 Å². The minimum absolute atomic E-state index is 0.0900. The van der Waals surface area contributed by atoms with Crippen LogP contribution in [0.2, 0.25) is 5.02 Å². The van der Waals surface area contributed by atoms with Gasteiger partial charge in [0.2, 0.25) is 10.0 Å². The van der Waals surface area contributed by atoms with Crippen LogP contribution < -0.4 is 0 Å². The Morgan fingerprint density at radius 1 is 1.36 bits per heavy atom. The van der Waals surface area contributed by atoms with Crippen LogP contribution in [0.5, 0.6) is 0 Å². The molecule has 1 aliphatic heterocycles. The van der Waals surface area contributed by atoms with Crippen LogP contribution in [-0.2, 0) is 21.2 Å². The van der Waals surface area contributed by atoms with Gasteiger partial charge in [-0.2, -0.15) is 9.40 Å². The van der Waals surface area contributed by atoms with Crippen LogP contribution in [-0.4, -0.2) is 53.7 Å². The second-order valence-corrected chi connectivity index (χ2v) is 8.85. The SMILES string of the molecule is CC[C@H]1c2cn[nH]c2C[C@H](OC(=O)N(C)CC)N1S(=O)(=O)c1ccc(Cl)cc1. The number of carbonyl (C=O) groups excluding carboxylic acids is 1. The van der Waals surface area contributed by atoms with Crippen LogP contribution in [0.4, 0.5) is 4.79 Å². The van der Waals surface area contributed by atoms with E-state index in [1.165, 1.54) is 33.5 Å². The van der Waals surface area contributed by atoms with Crippen molar-refractivity contribution in [3.8, 4) is 0 Å². The molecule has 0 spiro atoms. The van der Waals surface area contributed by atoms with E-state index in [-0.39, 0.29) is 11.3 Å². The summed E-state index contributed by atoms with van der Waals surface area (Å²) in [6.45, 7) is 4.14. The fourth-order valence-corrected chi connectivity index (χ4v) is 5.13. The number of nitrogens with one attached hydrogen (secondary N) is 1. The van der Waals surface area contributed by atoms with Crippen molar-refractivity contribution in [1.82, 2.24) is 19.4 Å². The monoisotopic (exact) mass is 426 g/mol. The molecule has 0 bridgehead atoms. The number of nitrogens with zero attached hydrogens (tertiary/aromatic N) is 3. The number of rotatable bonds is 5. The average molecular weight is 427 g/mol. The third-order valence-electron chi connectivity index (χ3n) is 4.88. The number of fused-ring (bicyclic) bond motifs is 1. The summed E-state index contributed by atoms with van der Waals surface area (Å²) in [6, 6.07) is 5.44. The lowest BCUT2D eigenvalue weighted by atomic mass is 9.98. The Bertz CT molecular complexity index is 945. The van der Waals surface area contributed by atoms with E-state index in [2.05, 4.69) is 10.2 Å². The van der Waals surface area contributed by atoms with Crippen LogP contribution in [0.25, 0.3) is 0 Å². The van der Waals surface area contributed by atoms with Crippen molar-refractivity contribution in [3.05, 3.63) is 46.7 Å². The molecule has 0 saturated carbocycles. The molecule has 1 aromatic heterocycles. The van der Waals surface area contributed by atoms with Crippen molar-refractivity contribution < 1.29 is 17.9 Å². The van der Waals surface area contributed by atoms with Gasteiger partial charge >= 0.3 is 6.09 Å². The lowest BCUT2D eigenvalue weighted by molar-refractivity contribution is -0.00938. The molecule has 0 radical (unpaired) electrons.